The minimum absolute atomic E-state index is 0.00693. The van der Waals surface area contributed by atoms with Crippen molar-refractivity contribution in [3.63, 3.8) is 0 Å². The Hall–Kier alpha value is -3.13. The van der Waals surface area contributed by atoms with Gasteiger partial charge in [-0.25, -0.2) is 9.82 Å². The molecule has 2 amide bonds. The minimum Gasteiger partial charge on any atom is -0.350 e. The van der Waals surface area contributed by atoms with Crippen molar-refractivity contribution < 1.29 is 14.0 Å². The number of fused-ring (bicyclic) bond motifs is 1. The number of nitrogens with one attached hydrogen (secondary N) is 2. The van der Waals surface area contributed by atoms with Crippen LogP contribution >= 0.6 is 11.8 Å². The average Bonchev–Trinajstić information content (AvgIpc) is 3.31. The number of aromatic amines is 1. The number of amides is 2. The van der Waals surface area contributed by atoms with E-state index >= 15 is 0 Å². The Labute approximate surface area is 177 Å². The van der Waals surface area contributed by atoms with Gasteiger partial charge >= 0.3 is 0 Å². The van der Waals surface area contributed by atoms with E-state index in [1.807, 2.05) is 30.3 Å². The zero-order valence-electron chi connectivity index (χ0n) is 16.4. The van der Waals surface area contributed by atoms with Crippen LogP contribution in [0.5, 0.6) is 0 Å². The van der Waals surface area contributed by atoms with E-state index in [0.29, 0.717) is 39.6 Å². The molecule has 0 aliphatic carbocycles. The summed E-state index contributed by atoms with van der Waals surface area (Å²) >= 11 is 1.31. The number of hydrogen-bond donors (Lipinski definition) is 2. The van der Waals surface area contributed by atoms with Gasteiger partial charge in [-0.2, -0.15) is 0 Å². The second-order valence-electron chi connectivity index (χ2n) is 6.95. The van der Waals surface area contributed by atoms with Crippen LogP contribution in [0.15, 0.2) is 53.6 Å². The molecule has 1 aliphatic heterocycles. The van der Waals surface area contributed by atoms with Crippen molar-refractivity contribution in [1.29, 1.82) is 0 Å². The quantitative estimate of drug-likeness (QED) is 0.578. The summed E-state index contributed by atoms with van der Waals surface area (Å²) in [7, 11) is 0. The predicted octanol–water partition coefficient (Wildman–Crippen LogP) is 4.35. The number of carbonyl (C=O) groups excluding carboxylic acids is 2. The lowest BCUT2D eigenvalue weighted by Crippen LogP contribution is -2.32. The molecule has 2 aromatic carbocycles. The number of aromatic nitrogens is 1. The molecule has 0 saturated carbocycles. The molecule has 0 bridgehead atoms. The van der Waals surface area contributed by atoms with E-state index in [9.17, 15) is 14.0 Å². The molecule has 154 valence electrons. The lowest BCUT2D eigenvalue weighted by molar-refractivity contribution is -0.124. The third kappa shape index (κ3) is 3.95. The van der Waals surface area contributed by atoms with Gasteiger partial charge in [0, 0.05) is 23.0 Å². The van der Waals surface area contributed by atoms with Crippen molar-refractivity contribution in [2.24, 2.45) is 5.10 Å². The second-order valence-corrected chi connectivity index (χ2v) is 7.90. The topological polar surface area (TPSA) is 77.6 Å². The van der Waals surface area contributed by atoms with Crippen LogP contribution in [0.3, 0.4) is 0 Å². The number of amidine groups is 1. The molecule has 0 atom stereocenters. The number of nitrogens with zero attached hydrogens (tertiary/aromatic N) is 2. The number of H-pyrrole nitrogens is 1. The summed E-state index contributed by atoms with van der Waals surface area (Å²) in [6.45, 7) is 2.63. The first-order valence-electron chi connectivity index (χ1n) is 9.76. The maximum atomic E-state index is 13.9. The smallest absolute Gasteiger partial charge is 0.288 e. The molecule has 1 aromatic heterocycles. The molecule has 6 nitrogen and oxygen atoms in total. The van der Waals surface area contributed by atoms with Crippen molar-refractivity contribution in [3.8, 4) is 11.1 Å². The molecular formula is C22H21FN4O2S. The van der Waals surface area contributed by atoms with Crippen molar-refractivity contribution in [3.05, 3.63) is 60.0 Å². The minimum atomic E-state index is -0.451. The third-order valence-electron chi connectivity index (χ3n) is 4.90. The van der Waals surface area contributed by atoms with Gasteiger partial charge < -0.3 is 4.98 Å². The normalized spacial score (nSPS) is 15.3. The summed E-state index contributed by atoms with van der Waals surface area (Å²) in [5.41, 5.74) is 4.92. The highest BCUT2D eigenvalue weighted by atomic mass is 32.2. The number of hydrazone groups is 1. The first-order valence-corrected chi connectivity index (χ1v) is 10.7. The summed E-state index contributed by atoms with van der Waals surface area (Å²) in [6.07, 6.45) is 1.82. The average molecular weight is 425 g/mol. The van der Waals surface area contributed by atoms with Crippen LogP contribution in [0.4, 0.5) is 4.39 Å². The van der Waals surface area contributed by atoms with Crippen LogP contribution in [0.2, 0.25) is 0 Å². The first kappa shape index (κ1) is 20.2. The van der Waals surface area contributed by atoms with Crippen LogP contribution < -0.4 is 5.43 Å². The summed E-state index contributed by atoms with van der Waals surface area (Å²) < 4.78 is 13.9. The summed E-state index contributed by atoms with van der Waals surface area (Å²) in [5, 5.41) is 5.31. The SMILES string of the molecule is CCCCN1C(=O)CS/C1=N\NC(=O)c1[nH]c2ccc(F)cc2c1-c1ccccc1. The molecule has 0 spiro atoms. The number of unbranched alkanes of at least 4 members (excludes halogenated alkanes) is 1. The molecule has 1 fully saturated rings. The molecular weight excluding hydrogens is 403 g/mol. The first-order chi connectivity index (χ1) is 14.6. The van der Waals surface area contributed by atoms with E-state index in [2.05, 4.69) is 22.4 Å². The molecule has 1 saturated heterocycles. The van der Waals surface area contributed by atoms with Gasteiger partial charge in [0.2, 0.25) is 5.91 Å². The molecule has 4 rings (SSSR count). The van der Waals surface area contributed by atoms with Gasteiger partial charge in [0.05, 0.1) is 5.75 Å². The maximum Gasteiger partial charge on any atom is 0.288 e. The summed E-state index contributed by atoms with van der Waals surface area (Å²) in [5.74, 6) is -0.515. The van der Waals surface area contributed by atoms with Crippen molar-refractivity contribution >= 4 is 39.6 Å². The van der Waals surface area contributed by atoms with Gasteiger partial charge in [-0.05, 0) is 30.2 Å². The van der Waals surface area contributed by atoms with Crippen LogP contribution in [-0.2, 0) is 4.79 Å². The van der Waals surface area contributed by atoms with Crippen molar-refractivity contribution in [2.75, 3.05) is 12.3 Å². The fourth-order valence-corrected chi connectivity index (χ4v) is 4.28. The van der Waals surface area contributed by atoms with Gasteiger partial charge in [-0.3, -0.25) is 14.5 Å². The van der Waals surface area contributed by atoms with Gasteiger partial charge in [0.15, 0.2) is 5.17 Å². The van der Waals surface area contributed by atoms with E-state index in [4.69, 9.17) is 0 Å². The Balaban J connectivity index is 1.68. The van der Waals surface area contributed by atoms with Gasteiger partial charge in [0.25, 0.3) is 5.91 Å². The zero-order valence-corrected chi connectivity index (χ0v) is 17.3. The Morgan fingerprint density at radius 1 is 1.27 bits per heavy atom. The fourth-order valence-electron chi connectivity index (χ4n) is 3.41. The highest BCUT2D eigenvalue weighted by molar-refractivity contribution is 8.15. The van der Waals surface area contributed by atoms with E-state index in [1.165, 1.54) is 23.9 Å². The summed E-state index contributed by atoms with van der Waals surface area (Å²) in [6, 6.07) is 13.7. The largest absolute Gasteiger partial charge is 0.350 e. The Kier molecular flexibility index (Phi) is 5.85. The van der Waals surface area contributed by atoms with E-state index in [1.54, 1.807) is 11.0 Å². The molecule has 30 heavy (non-hydrogen) atoms. The van der Waals surface area contributed by atoms with Crippen molar-refractivity contribution in [2.45, 2.75) is 19.8 Å². The molecule has 1 aliphatic rings. The number of rotatable bonds is 6. The fraction of sp³-hybridized carbons (Fsp3) is 0.227. The van der Waals surface area contributed by atoms with E-state index in [0.717, 1.165) is 18.4 Å². The molecule has 8 heteroatoms. The number of halogens is 1. The van der Waals surface area contributed by atoms with Crippen LogP contribution in [-0.4, -0.2) is 39.2 Å². The number of carbonyl (C=O) groups is 2. The highest BCUT2D eigenvalue weighted by Gasteiger charge is 2.28. The zero-order chi connectivity index (χ0) is 21.1. The van der Waals surface area contributed by atoms with Crippen LogP contribution in [0.25, 0.3) is 22.0 Å². The monoisotopic (exact) mass is 424 g/mol. The lowest BCUT2D eigenvalue weighted by atomic mass is 10.0. The lowest BCUT2D eigenvalue weighted by Gasteiger charge is -2.15. The predicted molar refractivity (Wildman–Crippen MR) is 118 cm³/mol. The maximum absolute atomic E-state index is 13.9. The van der Waals surface area contributed by atoms with E-state index < -0.39 is 5.91 Å². The van der Waals surface area contributed by atoms with Crippen LogP contribution in [0, 0.1) is 5.82 Å². The van der Waals surface area contributed by atoms with Crippen molar-refractivity contribution in [1.82, 2.24) is 15.3 Å². The molecule has 0 unspecified atom stereocenters. The highest BCUT2D eigenvalue weighted by Crippen LogP contribution is 2.33. The number of thioether (sulfide) groups is 1. The Morgan fingerprint density at radius 3 is 2.83 bits per heavy atom. The van der Waals surface area contributed by atoms with Gasteiger partial charge in [-0.1, -0.05) is 55.4 Å². The summed E-state index contributed by atoms with van der Waals surface area (Å²) in [4.78, 5) is 29.7. The van der Waals surface area contributed by atoms with Gasteiger partial charge in [-0.15, -0.1) is 5.10 Å². The second kappa shape index (κ2) is 8.71. The van der Waals surface area contributed by atoms with E-state index in [-0.39, 0.29) is 11.7 Å². The Morgan fingerprint density at radius 2 is 2.07 bits per heavy atom. The number of benzene rings is 2. The molecule has 2 N–H and O–H groups in total. The molecule has 3 aromatic rings. The molecule has 2 heterocycles. The Bertz CT molecular complexity index is 1130. The number of hydrogen-bond acceptors (Lipinski definition) is 4. The standard InChI is InChI=1S/C22H21FN4O2S/c1-2-3-11-27-18(28)13-30-22(27)26-25-21(29)20-19(14-7-5-4-6-8-14)16-12-15(23)9-10-17(16)24-20/h4-10,12,24H,2-3,11,13H2,1H3,(H,25,29)/b26-22-. The third-order valence-corrected chi connectivity index (χ3v) is 5.86. The molecule has 0 radical (unpaired) electrons. The van der Waals surface area contributed by atoms with Gasteiger partial charge in [0.1, 0.15) is 11.5 Å². The van der Waals surface area contributed by atoms with Crippen LogP contribution in [0.1, 0.15) is 30.3 Å².